The van der Waals surface area contributed by atoms with Crippen LogP contribution < -0.4 is 11.1 Å². The lowest BCUT2D eigenvalue weighted by atomic mass is 10.0. The number of oxazole rings is 1. The van der Waals surface area contributed by atoms with Gasteiger partial charge in [-0.25, -0.2) is 4.79 Å². The number of aryl methyl sites for hydroxylation is 2. The molecule has 1 unspecified atom stereocenters. The Labute approximate surface area is 122 Å². The van der Waals surface area contributed by atoms with Gasteiger partial charge in [0, 0.05) is 7.05 Å². The molecule has 5 nitrogen and oxygen atoms in total. The zero-order chi connectivity index (χ0) is 15.0. The average Bonchev–Trinajstić information content (AvgIpc) is 3.01. The van der Waals surface area contributed by atoms with Crippen LogP contribution in [0.25, 0.3) is 11.1 Å². The van der Waals surface area contributed by atoms with Crippen LogP contribution in [0, 0.1) is 6.92 Å². The lowest BCUT2D eigenvalue weighted by molar-refractivity contribution is 0.435. The summed E-state index contributed by atoms with van der Waals surface area (Å²) >= 11 is 0. The van der Waals surface area contributed by atoms with Crippen molar-refractivity contribution >= 4 is 11.1 Å². The van der Waals surface area contributed by atoms with E-state index in [-0.39, 0.29) is 11.8 Å². The molecule has 21 heavy (non-hydrogen) atoms. The van der Waals surface area contributed by atoms with E-state index in [4.69, 9.17) is 8.83 Å². The highest BCUT2D eigenvalue weighted by molar-refractivity contribution is 5.74. The second-order valence-corrected chi connectivity index (χ2v) is 5.09. The summed E-state index contributed by atoms with van der Waals surface area (Å²) in [5.74, 6) is 1.38. The molecule has 0 bridgehead atoms. The number of hydrogen-bond acceptors (Lipinski definition) is 4. The van der Waals surface area contributed by atoms with Crippen molar-refractivity contribution in [2.75, 3.05) is 6.54 Å². The van der Waals surface area contributed by atoms with Gasteiger partial charge in [0.1, 0.15) is 11.5 Å². The van der Waals surface area contributed by atoms with Gasteiger partial charge in [-0.2, -0.15) is 0 Å². The Morgan fingerprint density at radius 3 is 2.71 bits per heavy atom. The minimum atomic E-state index is -0.351. The van der Waals surface area contributed by atoms with Gasteiger partial charge >= 0.3 is 5.76 Å². The number of nitrogens with one attached hydrogen (secondary N) is 1. The van der Waals surface area contributed by atoms with E-state index in [2.05, 4.69) is 5.32 Å². The Hall–Kier alpha value is -2.27. The summed E-state index contributed by atoms with van der Waals surface area (Å²) in [5.41, 5.74) is 2.38. The number of nitrogens with zero attached hydrogens (tertiary/aromatic N) is 1. The molecule has 0 amide bonds. The van der Waals surface area contributed by atoms with Crippen molar-refractivity contribution in [2.45, 2.75) is 19.9 Å². The summed E-state index contributed by atoms with van der Waals surface area (Å²) in [6.07, 6.45) is 0. The zero-order valence-corrected chi connectivity index (χ0v) is 12.3. The third kappa shape index (κ3) is 2.40. The minimum Gasteiger partial charge on any atom is -0.464 e. The highest BCUT2D eigenvalue weighted by Crippen LogP contribution is 2.26. The predicted molar refractivity (Wildman–Crippen MR) is 80.4 cm³/mol. The van der Waals surface area contributed by atoms with Gasteiger partial charge in [-0.1, -0.05) is 13.0 Å². The predicted octanol–water partition coefficient (Wildman–Crippen LogP) is 2.73. The monoisotopic (exact) mass is 286 g/mol. The van der Waals surface area contributed by atoms with E-state index in [0.29, 0.717) is 5.58 Å². The third-order valence-corrected chi connectivity index (χ3v) is 3.60. The first kappa shape index (κ1) is 13.7. The van der Waals surface area contributed by atoms with Crippen molar-refractivity contribution < 1.29 is 8.83 Å². The van der Waals surface area contributed by atoms with Gasteiger partial charge in [0.25, 0.3) is 0 Å². The molecule has 0 saturated heterocycles. The van der Waals surface area contributed by atoms with Gasteiger partial charge in [-0.05, 0) is 43.3 Å². The molecular formula is C16H18N2O3. The summed E-state index contributed by atoms with van der Waals surface area (Å²) in [6, 6.07) is 9.63. The van der Waals surface area contributed by atoms with E-state index >= 15 is 0 Å². The number of furan rings is 1. The standard InChI is InChI=1S/C16H18N2O3/c1-4-17-15(13-8-5-10(2)20-13)11-6-7-12-14(9-11)21-16(19)18(12)3/h5-9,15,17H,4H2,1-3H3. The number of aromatic nitrogens is 1. The van der Waals surface area contributed by atoms with Crippen molar-refractivity contribution in [3.8, 4) is 0 Å². The molecule has 0 spiro atoms. The van der Waals surface area contributed by atoms with Crippen LogP contribution in [0.15, 0.2) is 44.0 Å². The van der Waals surface area contributed by atoms with Crippen molar-refractivity contribution in [2.24, 2.45) is 7.05 Å². The Morgan fingerprint density at radius 1 is 1.24 bits per heavy atom. The van der Waals surface area contributed by atoms with Gasteiger partial charge in [-0.3, -0.25) is 4.57 Å². The summed E-state index contributed by atoms with van der Waals surface area (Å²) in [6.45, 7) is 4.77. The van der Waals surface area contributed by atoms with Crippen LogP contribution in [-0.4, -0.2) is 11.1 Å². The van der Waals surface area contributed by atoms with E-state index in [1.807, 2.05) is 44.2 Å². The van der Waals surface area contributed by atoms with Crippen LogP contribution in [0.4, 0.5) is 0 Å². The highest BCUT2D eigenvalue weighted by atomic mass is 16.4. The molecule has 2 heterocycles. The Kier molecular flexibility index (Phi) is 3.43. The minimum absolute atomic E-state index is 0.0568. The maximum Gasteiger partial charge on any atom is 0.419 e. The summed E-state index contributed by atoms with van der Waals surface area (Å²) in [5, 5.41) is 3.39. The number of fused-ring (bicyclic) bond motifs is 1. The van der Waals surface area contributed by atoms with Crippen LogP contribution in [0.3, 0.4) is 0 Å². The second-order valence-electron chi connectivity index (χ2n) is 5.09. The molecule has 1 N–H and O–H groups in total. The lowest BCUT2D eigenvalue weighted by Gasteiger charge is -2.16. The fourth-order valence-electron chi connectivity index (χ4n) is 2.53. The second kappa shape index (κ2) is 5.26. The highest BCUT2D eigenvalue weighted by Gasteiger charge is 2.18. The summed E-state index contributed by atoms with van der Waals surface area (Å²) < 4.78 is 12.5. The molecule has 3 rings (SSSR count). The molecule has 0 aliphatic rings. The smallest absolute Gasteiger partial charge is 0.419 e. The van der Waals surface area contributed by atoms with Crippen molar-refractivity contribution in [3.63, 3.8) is 0 Å². The first-order valence-corrected chi connectivity index (χ1v) is 6.99. The third-order valence-electron chi connectivity index (χ3n) is 3.60. The molecule has 0 aliphatic heterocycles. The number of hydrogen-bond donors (Lipinski definition) is 1. The SMILES string of the molecule is CCNC(c1ccc2c(c1)oc(=O)n2C)c1ccc(C)o1. The molecule has 3 aromatic rings. The molecule has 0 radical (unpaired) electrons. The largest absolute Gasteiger partial charge is 0.464 e. The topological polar surface area (TPSA) is 60.3 Å². The van der Waals surface area contributed by atoms with Crippen molar-refractivity contribution in [1.29, 1.82) is 0 Å². The Bertz CT molecular complexity index is 826. The van der Waals surface area contributed by atoms with Crippen LogP contribution >= 0.6 is 0 Å². The van der Waals surface area contributed by atoms with Crippen molar-refractivity contribution in [1.82, 2.24) is 9.88 Å². The summed E-state index contributed by atoms with van der Waals surface area (Å²) in [7, 11) is 1.70. The van der Waals surface area contributed by atoms with E-state index in [0.717, 1.165) is 29.1 Å². The normalized spacial score (nSPS) is 12.9. The van der Waals surface area contributed by atoms with E-state index in [1.54, 1.807) is 7.05 Å². The average molecular weight is 286 g/mol. The first-order chi connectivity index (χ1) is 10.1. The van der Waals surface area contributed by atoms with Gasteiger partial charge in [0.05, 0.1) is 11.6 Å². The van der Waals surface area contributed by atoms with E-state index in [9.17, 15) is 4.79 Å². The molecule has 1 aromatic carbocycles. The van der Waals surface area contributed by atoms with Gasteiger partial charge in [-0.15, -0.1) is 0 Å². The fraction of sp³-hybridized carbons (Fsp3) is 0.312. The van der Waals surface area contributed by atoms with Crippen LogP contribution in [0.5, 0.6) is 0 Å². The number of rotatable bonds is 4. The van der Waals surface area contributed by atoms with Crippen LogP contribution in [0.1, 0.15) is 30.0 Å². The van der Waals surface area contributed by atoms with Crippen LogP contribution in [0.2, 0.25) is 0 Å². The zero-order valence-electron chi connectivity index (χ0n) is 12.3. The molecule has 110 valence electrons. The van der Waals surface area contributed by atoms with Gasteiger partial charge in [0.2, 0.25) is 0 Å². The van der Waals surface area contributed by atoms with Gasteiger partial charge < -0.3 is 14.2 Å². The quantitative estimate of drug-likeness (QED) is 0.801. The first-order valence-electron chi connectivity index (χ1n) is 6.99. The molecule has 5 heteroatoms. The lowest BCUT2D eigenvalue weighted by Crippen LogP contribution is -2.21. The van der Waals surface area contributed by atoms with Crippen LogP contribution in [-0.2, 0) is 7.05 Å². The fourth-order valence-corrected chi connectivity index (χ4v) is 2.53. The van der Waals surface area contributed by atoms with E-state index < -0.39 is 0 Å². The molecular weight excluding hydrogens is 268 g/mol. The van der Waals surface area contributed by atoms with Crippen molar-refractivity contribution in [3.05, 3.63) is 58.0 Å². The maximum atomic E-state index is 11.6. The Balaban J connectivity index is 2.09. The van der Waals surface area contributed by atoms with Gasteiger partial charge in [0.15, 0.2) is 5.58 Å². The summed E-state index contributed by atoms with van der Waals surface area (Å²) in [4.78, 5) is 11.6. The maximum absolute atomic E-state index is 11.6. The molecule has 0 aliphatic carbocycles. The van der Waals surface area contributed by atoms with E-state index in [1.165, 1.54) is 4.57 Å². The Morgan fingerprint density at radius 2 is 2.05 bits per heavy atom. The molecule has 0 fully saturated rings. The number of benzene rings is 1. The molecule has 1 atom stereocenters. The molecule has 2 aromatic heterocycles. The molecule has 0 saturated carbocycles.